The molecule has 0 aromatic carbocycles. The van der Waals surface area contributed by atoms with Gasteiger partial charge in [0.25, 0.3) is 11.5 Å². The molecule has 0 aliphatic carbocycles. The van der Waals surface area contributed by atoms with E-state index >= 15 is 0 Å². The third kappa shape index (κ3) is 3.07. The Balaban J connectivity index is 2.26. The SMILES string of the molecule is Cc1oc(CN(C)C(=O)c2c[nH]c(=O)n(C)c2=O)cc1C(=O)O. The van der Waals surface area contributed by atoms with E-state index in [1.807, 2.05) is 0 Å². The molecule has 0 aliphatic heterocycles. The van der Waals surface area contributed by atoms with Crippen molar-refractivity contribution in [3.63, 3.8) is 0 Å². The number of carboxylic acid groups (broad SMARTS) is 1. The third-order valence-electron chi connectivity index (χ3n) is 3.35. The summed E-state index contributed by atoms with van der Waals surface area (Å²) in [7, 11) is 2.69. The Labute approximate surface area is 129 Å². The van der Waals surface area contributed by atoms with Gasteiger partial charge in [-0.1, -0.05) is 0 Å². The van der Waals surface area contributed by atoms with Crippen LogP contribution in [0, 0.1) is 6.92 Å². The highest BCUT2D eigenvalue weighted by atomic mass is 16.4. The number of nitrogens with zero attached hydrogens (tertiary/aromatic N) is 2. The number of aromatic amines is 1. The summed E-state index contributed by atoms with van der Waals surface area (Å²) >= 11 is 0. The van der Waals surface area contributed by atoms with E-state index in [1.165, 1.54) is 32.0 Å². The van der Waals surface area contributed by atoms with Gasteiger partial charge >= 0.3 is 11.7 Å². The van der Waals surface area contributed by atoms with Gasteiger partial charge in [0.1, 0.15) is 22.6 Å². The van der Waals surface area contributed by atoms with E-state index in [9.17, 15) is 19.2 Å². The Kier molecular flexibility index (Phi) is 4.21. The number of hydrogen-bond acceptors (Lipinski definition) is 5. The number of aryl methyl sites for hydroxylation is 1. The molecule has 23 heavy (non-hydrogen) atoms. The topological polar surface area (TPSA) is 126 Å². The zero-order chi connectivity index (χ0) is 17.3. The van der Waals surface area contributed by atoms with Crippen molar-refractivity contribution in [3.8, 4) is 0 Å². The molecule has 2 aromatic rings. The van der Waals surface area contributed by atoms with Crippen LogP contribution in [0.3, 0.4) is 0 Å². The average Bonchev–Trinajstić information content (AvgIpc) is 2.85. The highest BCUT2D eigenvalue weighted by Gasteiger charge is 2.20. The number of carbonyl (C=O) groups excluding carboxylic acids is 1. The van der Waals surface area contributed by atoms with Crippen LogP contribution in [0.4, 0.5) is 0 Å². The number of furan rings is 1. The fourth-order valence-corrected chi connectivity index (χ4v) is 2.06. The normalized spacial score (nSPS) is 10.6. The number of hydrogen-bond donors (Lipinski definition) is 2. The van der Waals surface area contributed by atoms with E-state index in [0.717, 1.165) is 10.8 Å². The second-order valence-corrected chi connectivity index (χ2v) is 5.02. The molecule has 2 aromatic heterocycles. The summed E-state index contributed by atoms with van der Waals surface area (Å²) < 4.78 is 6.08. The first-order valence-corrected chi connectivity index (χ1v) is 6.59. The van der Waals surface area contributed by atoms with Crippen LogP contribution in [0.1, 0.15) is 32.2 Å². The summed E-state index contributed by atoms with van der Waals surface area (Å²) in [4.78, 5) is 50.0. The Morgan fingerprint density at radius 2 is 2.00 bits per heavy atom. The molecule has 0 fully saturated rings. The van der Waals surface area contributed by atoms with Gasteiger partial charge in [-0.3, -0.25) is 14.2 Å². The first-order chi connectivity index (χ1) is 10.7. The Bertz CT molecular complexity index is 889. The van der Waals surface area contributed by atoms with E-state index in [2.05, 4.69) is 4.98 Å². The number of carboxylic acids is 1. The average molecular weight is 321 g/mol. The molecule has 9 nitrogen and oxygen atoms in total. The van der Waals surface area contributed by atoms with Crippen LogP contribution >= 0.6 is 0 Å². The summed E-state index contributed by atoms with van der Waals surface area (Å²) in [6.07, 6.45) is 1.06. The van der Waals surface area contributed by atoms with Crippen LogP contribution in [0.15, 0.2) is 26.3 Å². The van der Waals surface area contributed by atoms with E-state index in [4.69, 9.17) is 9.52 Å². The van der Waals surface area contributed by atoms with Crippen molar-refractivity contribution >= 4 is 11.9 Å². The molecule has 0 radical (unpaired) electrons. The van der Waals surface area contributed by atoms with Crippen molar-refractivity contribution in [2.75, 3.05) is 7.05 Å². The minimum absolute atomic E-state index is 0.0146. The number of H-pyrrole nitrogens is 1. The maximum absolute atomic E-state index is 12.3. The lowest BCUT2D eigenvalue weighted by molar-refractivity contribution is 0.0694. The second kappa shape index (κ2) is 5.95. The predicted molar refractivity (Wildman–Crippen MR) is 78.5 cm³/mol. The summed E-state index contributed by atoms with van der Waals surface area (Å²) in [6.45, 7) is 1.49. The molecule has 2 rings (SSSR count). The number of nitrogens with one attached hydrogen (secondary N) is 1. The zero-order valence-electron chi connectivity index (χ0n) is 12.7. The van der Waals surface area contributed by atoms with Gasteiger partial charge in [0.2, 0.25) is 0 Å². The molecule has 0 bridgehead atoms. The lowest BCUT2D eigenvalue weighted by Crippen LogP contribution is -2.39. The number of carbonyl (C=O) groups is 2. The van der Waals surface area contributed by atoms with Crippen molar-refractivity contribution < 1.29 is 19.1 Å². The van der Waals surface area contributed by atoms with Crippen LogP contribution in [0.2, 0.25) is 0 Å². The van der Waals surface area contributed by atoms with Gasteiger partial charge in [0.05, 0.1) is 6.54 Å². The van der Waals surface area contributed by atoms with Gasteiger partial charge < -0.3 is 19.4 Å². The fraction of sp³-hybridized carbons (Fsp3) is 0.286. The third-order valence-corrected chi connectivity index (χ3v) is 3.35. The minimum Gasteiger partial charge on any atom is -0.478 e. The molecule has 0 saturated heterocycles. The molecule has 0 unspecified atom stereocenters. The summed E-state index contributed by atoms with van der Waals surface area (Å²) in [5, 5.41) is 8.97. The first-order valence-electron chi connectivity index (χ1n) is 6.59. The van der Waals surface area contributed by atoms with Gasteiger partial charge in [0, 0.05) is 20.3 Å². The van der Waals surface area contributed by atoms with E-state index in [-0.39, 0.29) is 29.2 Å². The lowest BCUT2D eigenvalue weighted by Gasteiger charge is -2.15. The van der Waals surface area contributed by atoms with Crippen molar-refractivity contribution in [2.45, 2.75) is 13.5 Å². The molecular weight excluding hydrogens is 306 g/mol. The zero-order valence-corrected chi connectivity index (χ0v) is 12.7. The summed E-state index contributed by atoms with van der Waals surface area (Å²) in [6, 6.07) is 1.33. The Hall–Kier alpha value is -3.10. The molecule has 122 valence electrons. The van der Waals surface area contributed by atoms with E-state index in [0.29, 0.717) is 0 Å². The molecule has 0 aliphatic rings. The monoisotopic (exact) mass is 321 g/mol. The van der Waals surface area contributed by atoms with Crippen LogP contribution < -0.4 is 11.2 Å². The fourth-order valence-electron chi connectivity index (χ4n) is 2.06. The second-order valence-electron chi connectivity index (χ2n) is 5.02. The first kappa shape index (κ1) is 16.3. The maximum Gasteiger partial charge on any atom is 0.339 e. The molecule has 9 heteroatoms. The number of aromatic carboxylic acids is 1. The number of amides is 1. The minimum atomic E-state index is -1.12. The number of rotatable bonds is 4. The molecule has 2 heterocycles. The van der Waals surface area contributed by atoms with Crippen molar-refractivity contribution in [1.82, 2.24) is 14.5 Å². The van der Waals surface area contributed by atoms with Crippen LogP contribution in [-0.2, 0) is 13.6 Å². The van der Waals surface area contributed by atoms with Crippen LogP contribution in [-0.4, -0.2) is 38.5 Å². The Morgan fingerprint density at radius 3 is 2.57 bits per heavy atom. The smallest absolute Gasteiger partial charge is 0.339 e. The van der Waals surface area contributed by atoms with Crippen LogP contribution in [0.25, 0.3) is 0 Å². The van der Waals surface area contributed by atoms with E-state index < -0.39 is 23.1 Å². The van der Waals surface area contributed by atoms with Gasteiger partial charge in [0.15, 0.2) is 0 Å². The van der Waals surface area contributed by atoms with Crippen molar-refractivity contribution in [2.24, 2.45) is 7.05 Å². The molecule has 0 spiro atoms. The van der Waals surface area contributed by atoms with Crippen molar-refractivity contribution in [3.05, 3.63) is 55.7 Å². The summed E-state index contributed by atoms with van der Waals surface area (Å²) in [5.74, 6) is -1.24. The van der Waals surface area contributed by atoms with Crippen molar-refractivity contribution in [1.29, 1.82) is 0 Å². The van der Waals surface area contributed by atoms with E-state index in [1.54, 1.807) is 0 Å². The molecular formula is C14H15N3O6. The molecule has 1 amide bonds. The number of aromatic nitrogens is 2. The summed E-state index contributed by atoms with van der Waals surface area (Å²) in [5.41, 5.74) is -1.52. The molecule has 0 atom stereocenters. The highest BCUT2D eigenvalue weighted by molar-refractivity contribution is 5.93. The standard InChI is InChI=1S/C14H15N3O6/c1-7-9(13(20)21)4-8(23-7)6-16(2)11(18)10-5-15-14(22)17(3)12(10)19/h4-5H,6H2,1-3H3,(H,15,22)(H,20,21). The quantitative estimate of drug-likeness (QED) is 0.813. The Morgan fingerprint density at radius 1 is 1.35 bits per heavy atom. The molecule has 2 N–H and O–H groups in total. The maximum atomic E-state index is 12.3. The molecule has 0 saturated carbocycles. The largest absolute Gasteiger partial charge is 0.478 e. The van der Waals surface area contributed by atoms with Crippen LogP contribution in [0.5, 0.6) is 0 Å². The lowest BCUT2D eigenvalue weighted by atomic mass is 10.2. The van der Waals surface area contributed by atoms with Gasteiger partial charge in [-0.2, -0.15) is 0 Å². The highest BCUT2D eigenvalue weighted by Crippen LogP contribution is 2.16. The predicted octanol–water partition coefficient (Wildman–Crippen LogP) is -0.0546. The van der Waals surface area contributed by atoms with Gasteiger partial charge in [-0.25, -0.2) is 9.59 Å². The van der Waals surface area contributed by atoms with Gasteiger partial charge in [-0.15, -0.1) is 0 Å². The van der Waals surface area contributed by atoms with Gasteiger partial charge in [-0.05, 0) is 13.0 Å².